The smallest absolute Gasteiger partial charge is 0.1000 e. The molecule has 0 unspecified atom stereocenters. The highest BCUT2D eigenvalue weighted by Crippen LogP contribution is 2.13. The highest BCUT2D eigenvalue weighted by molar-refractivity contribution is 6.30. The first kappa shape index (κ1) is 7.58. The second-order valence-corrected chi connectivity index (χ2v) is 2.76. The molecule has 0 aliphatic carbocycles. The van der Waals surface area contributed by atoms with E-state index >= 15 is 0 Å². The minimum absolute atomic E-state index is 0.796. The van der Waals surface area contributed by atoms with Gasteiger partial charge in [-0.05, 0) is 24.6 Å². The molecule has 1 rings (SSSR count). The van der Waals surface area contributed by atoms with E-state index in [1.807, 2.05) is 18.2 Å². The summed E-state index contributed by atoms with van der Waals surface area (Å²) < 4.78 is 0. The van der Waals surface area contributed by atoms with Gasteiger partial charge in [0, 0.05) is 10.6 Å². The molecule has 1 aromatic carbocycles. The van der Waals surface area contributed by atoms with Crippen LogP contribution < -0.4 is 5.73 Å². The lowest BCUT2D eigenvalue weighted by Gasteiger charge is -1.99. The minimum atomic E-state index is 0.796. The van der Waals surface area contributed by atoms with Gasteiger partial charge in [0.15, 0.2) is 0 Å². The first-order valence-electron chi connectivity index (χ1n) is 3.28. The molecule has 0 heterocycles. The van der Waals surface area contributed by atoms with E-state index in [-0.39, 0.29) is 0 Å². The van der Waals surface area contributed by atoms with Crippen molar-refractivity contribution in [2.45, 2.75) is 13.5 Å². The Bertz CT molecular complexity index is 233. The van der Waals surface area contributed by atoms with Crippen molar-refractivity contribution in [1.82, 2.24) is 0 Å². The van der Waals surface area contributed by atoms with Crippen molar-refractivity contribution < 1.29 is 5.73 Å². The standard InChI is InChI=1S/C8H10ClN/c1-6-2-3-8(9)4-7(6)5-10/h2-4H,5,10H2,1H3/p+1. The molecule has 0 fully saturated rings. The summed E-state index contributed by atoms with van der Waals surface area (Å²) in [4.78, 5) is 0. The number of quaternary nitrogens is 1. The maximum atomic E-state index is 5.77. The Hall–Kier alpha value is -0.530. The van der Waals surface area contributed by atoms with Crippen LogP contribution in [0.25, 0.3) is 0 Å². The molecule has 10 heavy (non-hydrogen) atoms. The van der Waals surface area contributed by atoms with Gasteiger partial charge in [-0.1, -0.05) is 17.7 Å². The molecule has 54 valence electrons. The fraction of sp³-hybridized carbons (Fsp3) is 0.250. The van der Waals surface area contributed by atoms with Crippen LogP contribution in [-0.4, -0.2) is 0 Å². The van der Waals surface area contributed by atoms with Crippen molar-refractivity contribution in [3.8, 4) is 0 Å². The van der Waals surface area contributed by atoms with Crippen LogP contribution in [0.3, 0.4) is 0 Å². The number of halogens is 1. The SMILES string of the molecule is Cc1ccc(Cl)cc1C[NH3+]. The number of hydrogen-bond donors (Lipinski definition) is 1. The van der Waals surface area contributed by atoms with E-state index in [9.17, 15) is 0 Å². The van der Waals surface area contributed by atoms with Gasteiger partial charge in [-0.15, -0.1) is 0 Å². The minimum Gasteiger partial charge on any atom is -0.354 e. The summed E-state index contributed by atoms with van der Waals surface area (Å²) in [5.74, 6) is 0. The predicted octanol–water partition coefficient (Wildman–Crippen LogP) is 1.39. The quantitative estimate of drug-likeness (QED) is 0.637. The molecule has 0 saturated carbocycles. The Morgan fingerprint density at radius 1 is 1.50 bits per heavy atom. The monoisotopic (exact) mass is 156 g/mol. The highest BCUT2D eigenvalue weighted by Gasteiger charge is 1.96. The van der Waals surface area contributed by atoms with Crippen LogP contribution in [0, 0.1) is 6.92 Å². The summed E-state index contributed by atoms with van der Waals surface area (Å²) in [7, 11) is 0. The van der Waals surface area contributed by atoms with Gasteiger partial charge in [-0.25, -0.2) is 0 Å². The molecule has 1 aromatic rings. The largest absolute Gasteiger partial charge is 0.354 e. The summed E-state index contributed by atoms with van der Waals surface area (Å²) in [6.45, 7) is 2.88. The van der Waals surface area contributed by atoms with Crippen LogP contribution in [0.15, 0.2) is 18.2 Å². The first-order chi connectivity index (χ1) is 4.74. The number of hydrogen-bond acceptors (Lipinski definition) is 0. The Kier molecular flexibility index (Phi) is 2.30. The molecule has 0 aliphatic heterocycles. The van der Waals surface area contributed by atoms with E-state index in [4.69, 9.17) is 11.6 Å². The second-order valence-electron chi connectivity index (χ2n) is 2.32. The Labute approximate surface area is 65.8 Å². The second kappa shape index (κ2) is 3.04. The maximum Gasteiger partial charge on any atom is 0.1000 e. The van der Waals surface area contributed by atoms with Crippen LogP contribution in [0.5, 0.6) is 0 Å². The third-order valence-electron chi connectivity index (χ3n) is 1.58. The van der Waals surface area contributed by atoms with E-state index in [0.29, 0.717) is 0 Å². The van der Waals surface area contributed by atoms with Crippen molar-refractivity contribution in [2.24, 2.45) is 0 Å². The van der Waals surface area contributed by atoms with Gasteiger partial charge in [0.25, 0.3) is 0 Å². The van der Waals surface area contributed by atoms with Crippen LogP contribution in [0.2, 0.25) is 5.02 Å². The van der Waals surface area contributed by atoms with Crippen LogP contribution in [0.1, 0.15) is 11.1 Å². The molecule has 0 atom stereocenters. The lowest BCUT2D eigenvalue weighted by atomic mass is 10.1. The fourth-order valence-electron chi connectivity index (χ4n) is 0.909. The number of benzene rings is 1. The third-order valence-corrected chi connectivity index (χ3v) is 1.82. The Morgan fingerprint density at radius 3 is 2.70 bits per heavy atom. The third kappa shape index (κ3) is 1.49. The molecule has 0 aliphatic rings. The molecular formula is C8H11ClN+. The number of aryl methyl sites for hydroxylation is 1. The summed E-state index contributed by atoms with van der Waals surface area (Å²) in [5.41, 5.74) is 6.29. The van der Waals surface area contributed by atoms with E-state index in [2.05, 4.69) is 12.7 Å². The van der Waals surface area contributed by atoms with Crippen LogP contribution >= 0.6 is 11.6 Å². The first-order valence-corrected chi connectivity index (χ1v) is 3.66. The van der Waals surface area contributed by atoms with Gasteiger partial charge in [0.1, 0.15) is 0 Å². The van der Waals surface area contributed by atoms with Crippen molar-refractivity contribution in [2.75, 3.05) is 0 Å². The molecule has 2 heteroatoms. The van der Waals surface area contributed by atoms with Gasteiger partial charge >= 0.3 is 0 Å². The van der Waals surface area contributed by atoms with Crippen molar-refractivity contribution >= 4 is 11.6 Å². The van der Waals surface area contributed by atoms with Gasteiger partial charge in [-0.2, -0.15) is 0 Å². The average Bonchev–Trinajstić information content (AvgIpc) is 1.94. The Morgan fingerprint density at radius 2 is 2.20 bits per heavy atom. The van der Waals surface area contributed by atoms with Crippen molar-refractivity contribution in [1.29, 1.82) is 0 Å². The molecule has 0 amide bonds. The van der Waals surface area contributed by atoms with Crippen LogP contribution in [-0.2, 0) is 6.54 Å². The molecule has 0 saturated heterocycles. The zero-order valence-electron chi connectivity index (χ0n) is 6.02. The van der Waals surface area contributed by atoms with E-state index in [1.54, 1.807) is 0 Å². The Balaban J connectivity index is 3.09. The maximum absolute atomic E-state index is 5.77. The van der Waals surface area contributed by atoms with Crippen molar-refractivity contribution in [3.05, 3.63) is 34.3 Å². The molecule has 0 aromatic heterocycles. The molecule has 3 N–H and O–H groups in total. The molecule has 0 spiro atoms. The van der Waals surface area contributed by atoms with Gasteiger partial charge < -0.3 is 5.73 Å². The molecule has 1 nitrogen and oxygen atoms in total. The van der Waals surface area contributed by atoms with Gasteiger partial charge in [0.05, 0.1) is 6.54 Å². The predicted molar refractivity (Wildman–Crippen MR) is 42.8 cm³/mol. The van der Waals surface area contributed by atoms with Gasteiger partial charge in [0.2, 0.25) is 0 Å². The van der Waals surface area contributed by atoms with Gasteiger partial charge in [-0.3, -0.25) is 0 Å². The lowest BCUT2D eigenvalue weighted by Crippen LogP contribution is -2.47. The van der Waals surface area contributed by atoms with E-state index < -0.39 is 0 Å². The molecular weight excluding hydrogens is 146 g/mol. The van der Waals surface area contributed by atoms with Crippen molar-refractivity contribution in [3.63, 3.8) is 0 Å². The highest BCUT2D eigenvalue weighted by atomic mass is 35.5. The summed E-state index contributed by atoms with van der Waals surface area (Å²) in [6, 6.07) is 5.88. The average molecular weight is 157 g/mol. The summed E-state index contributed by atoms with van der Waals surface area (Å²) >= 11 is 5.77. The lowest BCUT2D eigenvalue weighted by molar-refractivity contribution is -0.386. The zero-order valence-corrected chi connectivity index (χ0v) is 6.78. The normalized spacial score (nSPS) is 9.90. The molecule has 0 bridgehead atoms. The number of rotatable bonds is 1. The van der Waals surface area contributed by atoms with Crippen LogP contribution in [0.4, 0.5) is 0 Å². The summed E-state index contributed by atoms with van der Waals surface area (Å²) in [6.07, 6.45) is 0. The molecule has 0 radical (unpaired) electrons. The zero-order chi connectivity index (χ0) is 7.56. The van der Waals surface area contributed by atoms with E-state index in [1.165, 1.54) is 11.1 Å². The van der Waals surface area contributed by atoms with E-state index in [0.717, 1.165) is 11.6 Å². The topological polar surface area (TPSA) is 27.6 Å². The summed E-state index contributed by atoms with van der Waals surface area (Å²) in [5, 5.41) is 0.796. The fourth-order valence-corrected chi connectivity index (χ4v) is 1.10.